The molecule has 1 aliphatic heterocycles. The summed E-state index contributed by atoms with van der Waals surface area (Å²) < 4.78 is 0. The van der Waals surface area contributed by atoms with Gasteiger partial charge in [0.25, 0.3) is 5.91 Å². The van der Waals surface area contributed by atoms with Crippen LogP contribution in [0.4, 0.5) is 0 Å². The predicted octanol–water partition coefficient (Wildman–Crippen LogP) is 3.55. The molecule has 1 amide bonds. The fourth-order valence-corrected chi connectivity index (χ4v) is 3.05. The summed E-state index contributed by atoms with van der Waals surface area (Å²) in [5.41, 5.74) is 2.25. The molecule has 1 unspecified atom stereocenters. The number of carbonyl (C=O) groups excluding carboxylic acids is 1. The summed E-state index contributed by atoms with van der Waals surface area (Å²) in [7, 11) is 0. The van der Waals surface area contributed by atoms with Crippen LogP contribution in [0.1, 0.15) is 43.1 Å². The van der Waals surface area contributed by atoms with Crippen LogP contribution in [-0.4, -0.2) is 33.6 Å². The number of carbonyl (C=O) groups is 1. The van der Waals surface area contributed by atoms with E-state index in [-0.39, 0.29) is 5.91 Å². The Balaban J connectivity index is 1.79. The number of piperidine rings is 1. The molecule has 4 nitrogen and oxygen atoms in total. The molecule has 3 rings (SSSR count). The van der Waals surface area contributed by atoms with Crippen LogP contribution >= 0.6 is 0 Å². The van der Waals surface area contributed by atoms with E-state index >= 15 is 0 Å². The number of hydrogen-bond acceptors (Lipinski definition) is 3. The molecule has 114 valence electrons. The fourth-order valence-electron chi connectivity index (χ4n) is 3.05. The van der Waals surface area contributed by atoms with Crippen LogP contribution in [0.5, 0.6) is 0 Å². The molecule has 0 spiro atoms. The van der Waals surface area contributed by atoms with Crippen LogP contribution in [0.2, 0.25) is 0 Å². The van der Waals surface area contributed by atoms with Crippen LogP contribution in [0.3, 0.4) is 0 Å². The van der Waals surface area contributed by atoms with E-state index in [0.29, 0.717) is 11.7 Å². The van der Waals surface area contributed by atoms with Crippen molar-refractivity contribution in [2.24, 2.45) is 0 Å². The summed E-state index contributed by atoms with van der Waals surface area (Å²) in [6.45, 7) is 2.97. The van der Waals surface area contributed by atoms with E-state index in [9.17, 15) is 4.79 Å². The summed E-state index contributed by atoms with van der Waals surface area (Å²) in [5.74, 6) is 0.0126. The van der Waals surface area contributed by atoms with Crippen molar-refractivity contribution in [3.63, 3.8) is 0 Å². The Kier molecular flexibility index (Phi) is 4.47. The Morgan fingerprint density at radius 3 is 2.64 bits per heavy atom. The molecule has 1 aromatic carbocycles. The van der Waals surface area contributed by atoms with Gasteiger partial charge in [-0.25, -0.2) is 0 Å². The predicted molar refractivity (Wildman–Crippen MR) is 86.4 cm³/mol. The Morgan fingerprint density at radius 1 is 1.14 bits per heavy atom. The van der Waals surface area contributed by atoms with Gasteiger partial charge in [0.15, 0.2) is 5.69 Å². The maximum absolute atomic E-state index is 12.6. The minimum Gasteiger partial charge on any atom is -0.334 e. The summed E-state index contributed by atoms with van der Waals surface area (Å²) in [5, 5.41) is 8.38. The topological polar surface area (TPSA) is 46.1 Å². The highest BCUT2D eigenvalue weighted by Gasteiger charge is 2.27. The first-order valence-electron chi connectivity index (χ1n) is 7.99. The molecule has 0 radical (unpaired) electrons. The highest BCUT2D eigenvalue weighted by molar-refractivity contribution is 5.92. The van der Waals surface area contributed by atoms with E-state index < -0.39 is 0 Å². The van der Waals surface area contributed by atoms with Gasteiger partial charge in [0.05, 0.1) is 5.69 Å². The zero-order valence-electron chi connectivity index (χ0n) is 12.9. The van der Waals surface area contributed by atoms with Gasteiger partial charge in [0.1, 0.15) is 0 Å². The minimum atomic E-state index is 0.0126. The highest BCUT2D eigenvalue weighted by atomic mass is 16.2. The number of benzene rings is 1. The van der Waals surface area contributed by atoms with Crippen molar-refractivity contribution < 1.29 is 4.79 Å². The second-order valence-electron chi connectivity index (χ2n) is 5.73. The normalized spacial score (nSPS) is 18.2. The van der Waals surface area contributed by atoms with E-state index in [1.807, 2.05) is 41.3 Å². The second-order valence-corrected chi connectivity index (χ2v) is 5.73. The third-order valence-electron chi connectivity index (χ3n) is 4.31. The van der Waals surface area contributed by atoms with Crippen molar-refractivity contribution in [3.05, 3.63) is 48.2 Å². The minimum absolute atomic E-state index is 0.0126. The van der Waals surface area contributed by atoms with E-state index in [1.165, 1.54) is 6.42 Å². The van der Waals surface area contributed by atoms with Crippen LogP contribution in [-0.2, 0) is 0 Å². The van der Waals surface area contributed by atoms with Crippen LogP contribution < -0.4 is 0 Å². The van der Waals surface area contributed by atoms with Crippen molar-refractivity contribution >= 4 is 5.91 Å². The standard InChI is InChI=1S/C18H21N3O/c1-2-15-10-6-7-13-21(15)18(22)17-12-11-16(19-20-17)14-8-4-3-5-9-14/h3-5,8-9,11-12,15H,2,6-7,10,13H2,1H3. The third kappa shape index (κ3) is 3.01. The molecule has 0 N–H and O–H groups in total. The van der Waals surface area contributed by atoms with E-state index in [1.54, 1.807) is 6.07 Å². The Labute approximate surface area is 131 Å². The molecule has 2 heterocycles. The van der Waals surface area contributed by atoms with Gasteiger partial charge in [-0.1, -0.05) is 37.3 Å². The average Bonchev–Trinajstić information content (AvgIpc) is 2.62. The maximum atomic E-state index is 12.6. The first kappa shape index (κ1) is 14.7. The number of hydrogen-bond donors (Lipinski definition) is 0. The van der Waals surface area contributed by atoms with Gasteiger partial charge in [-0.3, -0.25) is 4.79 Å². The molecule has 1 fully saturated rings. The van der Waals surface area contributed by atoms with Gasteiger partial charge in [-0.05, 0) is 37.8 Å². The van der Waals surface area contributed by atoms with E-state index in [2.05, 4.69) is 17.1 Å². The first-order chi connectivity index (χ1) is 10.8. The molecular weight excluding hydrogens is 274 g/mol. The van der Waals surface area contributed by atoms with Crippen LogP contribution in [0.25, 0.3) is 11.3 Å². The number of likely N-dealkylation sites (tertiary alicyclic amines) is 1. The fraction of sp³-hybridized carbons (Fsp3) is 0.389. The number of nitrogens with zero attached hydrogens (tertiary/aromatic N) is 3. The molecule has 1 atom stereocenters. The van der Waals surface area contributed by atoms with Crippen molar-refractivity contribution in [1.82, 2.24) is 15.1 Å². The smallest absolute Gasteiger partial charge is 0.274 e. The summed E-state index contributed by atoms with van der Waals surface area (Å²) in [6, 6.07) is 13.9. The molecule has 0 bridgehead atoms. The molecule has 1 aromatic heterocycles. The van der Waals surface area contributed by atoms with Crippen molar-refractivity contribution in [2.45, 2.75) is 38.6 Å². The van der Waals surface area contributed by atoms with E-state index in [0.717, 1.165) is 37.1 Å². The number of amides is 1. The summed E-state index contributed by atoms with van der Waals surface area (Å²) in [4.78, 5) is 14.6. The molecule has 1 saturated heterocycles. The zero-order valence-corrected chi connectivity index (χ0v) is 12.9. The zero-order chi connectivity index (χ0) is 15.4. The summed E-state index contributed by atoms with van der Waals surface area (Å²) >= 11 is 0. The maximum Gasteiger partial charge on any atom is 0.274 e. The largest absolute Gasteiger partial charge is 0.334 e. The molecular formula is C18H21N3O. The Bertz CT molecular complexity index is 625. The van der Waals surface area contributed by atoms with Crippen molar-refractivity contribution in [1.29, 1.82) is 0 Å². The Morgan fingerprint density at radius 2 is 1.95 bits per heavy atom. The highest BCUT2D eigenvalue weighted by Crippen LogP contribution is 2.22. The molecule has 4 heteroatoms. The van der Waals surface area contributed by atoms with Gasteiger partial charge in [0.2, 0.25) is 0 Å². The lowest BCUT2D eigenvalue weighted by Gasteiger charge is -2.34. The average molecular weight is 295 g/mol. The van der Waals surface area contributed by atoms with Gasteiger partial charge in [-0.2, -0.15) is 0 Å². The van der Waals surface area contributed by atoms with Gasteiger partial charge >= 0.3 is 0 Å². The lowest BCUT2D eigenvalue weighted by molar-refractivity contribution is 0.0601. The Hall–Kier alpha value is -2.23. The lowest BCUT2D eigenvalue weighted by atomic mass is 9.99. The van der Waals surface area contributed by atoms with E-state index in [4.69, 9.17) is 0 Å². The van der Waals surface area contributed by atoms with Crippen molar-refractivity contribution in [3.8, 4) is 11.3 Å². The molecule has 1 aliphatic rings. The summed E-state index contributed by atoms with van der Waals surface area (Å²) in [6.07, 6.45) is 4.39. The van der Waals surface area contributed by atoms with Gasteiger partial charge in [-0.15, -0.1) is 10.2 Å². The van der Waals surface area contributed by atoms with Gasteiger partial charge < -0.3 is 4.90 Å². The number of aromatic nitrogens is 2. The molecule has 22 heavy (non-hydrogen) atoms. The molecule has 0 aliphatic carbocycles. The third-order valence-corrected chi connectivity index (χ3v) is 4.31. The van der Waals surface area contributed by atoms with Gasteiger partial charge in [0, 0.05) is 18.2 Å². The first-order valence-corrected chi connectivity index (χ1v) is 7.99. The lowest BCUT2D eigenvalue weighted by Crippen LogP contribution is -2.43. The monoisotopic (exact) mass is 295 g/mol. The van der Waals surface area contributed by atoms with Crippen LogP contribution in [0.15, 0.2) is 42.5 Å². The SMILES string of the molecule is CCC1CCCCN1C(=O)c1ccc(-c2ccccc2)nn1. The number of rotatable bonds is 3. The second kappa shape index (κ2) is 6.69. The molecule has 2 aromatic rings. The molecule has 0 saturated carbocycles. The van der Waals surface area contributed by atoms with Crippen molar-refractivity contribution in [2.75, 3.05) is 6.54 Å². The van der Waals surface area contributed by atoms with Crippen LogP contribution in [0, 0.1) is 0 Å². The quantitative estimate of drug-likeness (QED) is 0.870.